The molecule has 39 heavy (non-hydrogen) atoms. The van der Waals surface area contributed by atoms with Crippen molar-refractivity contribution in [2.75, 3.05) is 5.32 Å². The zero-order chi connectivity index (χ0) is 27.7. The van der Waals surface area contributed by atoms with Gasteiger partial charge in [0.1, 0.15) is 5.54 Å². The van der Waals surface area contributed by atoms with E-state index in [0.717, 1.165) is 42.4 Å². The first-order valence-corrected chi connectivity index (χ1v) is 14.3. The van der Waals surface area contributed by atoms with E-state index >= 15 is 0 Å². The first kappa shape index (κ1) is 28.2. The summed E-state index contributed by atoms with van der Waals surface area (Å²) in [5.74, 6) is 6.65. The van der Waals surface area contributed by atoms with Crippen LogP contribution >= 0.6 is 0 Å². The second kappa shape index (κ2) is 13.3. The van der Waals surface area contributed by atoms with Crippen molar-refractivity contribution in [1.82, 2.24) is 15.5 Å². The van der Waals surface area contributed by atoms with Gasteiger partial charge >= 0.3 is 6.03 Å². The molecule has 0 bridgehead atoms. The summed E-state index contributed by atoms with van der Waals surface area (Å²) in [5, 5.41) is 17.7. The molecule has 0 aromatic heterocycles. The number of hydrogen-bond acceptors (Lipinski definition) is 3. The molecule has 1 atom stereocenters. The second-order valence-corrected chi connectivity index (χ2v) is 10.8. The predicted octanol–water partition coefficient (Wildman–Crippen LogP) is 6.15. The molecule has 2 aromatic rings. The smallest absolute Gasteiger partial charge is 0.319 e. The lowest BCUT2D eigenvalue weighted by atomic mass is 9.77. The molecule has 1 saturated heterocycles. The van der Waals surface area contributed by atoms with Gasteiger partial charge in [0.15, 0.2) is 5.96 Å². The number of urea groups is 1. The van der Waals surface area contributed by atoms with Crippen LogP contribution < -0.4 is 16.0 Å². The number of unbranched alkanes of at least 4 members (excludes halogenated alkanes) is 1. The molecule has 2 aromatic carbocycles. The van der Waals surface area contributed by atoms with Crippen molar-refractivity contribution in [3.05, 3.63) is 65.2 Å². The molecule has 1 saturated carbocycles. The third-order valence-corrected chi connectivity index (χ3v) is 7.83. The highest BCUT2D eigenvalue weighted by molar-refractivity contribution is 6.07. The molecule has 7 nitrogen and oxygen atoms in total. The molecule has 0 radical (unpaired) electrons. The van der Waals surface area contributed by atoms with Gasteiger partial charge in [-0.2, -0.15) is 0 Å². The predicted molar refractivity (Wildman–Crippen MR) is 156 cm³/mol. The fourth-order valence-electron chi connectivity index (χ4n) is 5.71. The average molecular weight is 528 g/mol. The first-order valence-electron chi connectivity index (χ1n) is 14.3. The third kappa shape index (κ3) is 7.41. The van der Waals surface area contributed by atoms with Crippen LogP contribution in [0.5, 0.6) is 0 Å². The Morgan fingerprint density at radius 3 is 2.44 bits per heavy atom. The Balaban J connectivity index is 1.32. The van der Waals surface area contributed by atoms with Gasteiger partial charge in [-0.25, -0.2) is 4.79 Å². The lowest BCUT2D eigenvalue weighted by molar-refractivity contribution is -0.132. The van der Waals surface area contributed by atoms with Crippen LogP contribution in [0.4, 0.5) is 10.5 Å². The Labute approximate surface area is 232 Å². The molecule has 1 aliphatic heterocycles. The summed E-state index contributed by atoms with van der Waals surface area (Å²) in [6.45, 7) is 4.69. The van der Waals surface area contributed by atoms with Crippen molar-refractivity contribution in [3.63, 3.8) is 0 Å². The minimum absolute atomic E-state index is 0.0451. The quantitative estimate of drug-likeness (QED) is 0.279. The van der Waals surface area contributed by atoms with E-state index in [2.05, 4.69) is 34.7 Å². The fourth-order valence-corrected chi connectivity index (χ4v) is 5.71. The van der Waals surface area contributed by atoms with Crippen LogP contribution in [0.2, 0.25) is 0 Å². The summed E-state index contributed by atoms with van der Waals surface area (Å²) in [5.41, 5.74) is 2.88. The maximum absolute atomic E-state index is 13.7. The van der Waals surface area contributed by atoms with E-state index in [9.17, 15) is 9.59 Å². The maximum atomic E-state index is 13.7. The van der Waals surface area contributed by atoms with Crippen LogP contribution in [0.1, 0.15) is 88.3 Å². The Hall–Kier alpha value is -3.79. The summed E-state index contributed by atoms with van der Waals surface area (Å²) >= 11 is 0. The lowest BCUT2D eigenvalue weighted by Crippen LogP contribution is -2.48. The summed E-state index contributed by atoms with van der Waals surface area (Å²) < 4.78 is 0. The van der Waals surface area contributed by atoms with Crippen molar-refractivity contribution in [2.45, 2.75) is 90.3 Å². The van der Waals surface area contributed by atoms with Gasteiger partial charge in [0.2, 0.25) is 0 Å². The molecule has 0 spiro atoms. The van der Waals surface area contributed by atoms with Gasteiger partial charge in [0.05, 0.1) is 6.54 Å². The summed E-state index contributed by atoms with van der Waals surface area (Å²) in [6, 6.07) is 15.0. The van der Waals surface area contributed by atoms with Crippen LogP contribution in [-0.4, -0.2) is 28.3 Å². The summed E-state index contributed by atoms with van der Waals surface area (Å²) in [4.78, 5) is 27.7. The minimum atomic E-state index is -0.643. The highest BCUT2D eigenvalue weighted by Gasteiger charge is 2.49. The molecule has 4 N–H and O–H groups in total. The van der Waals surface area contributed by atoms with E-state index in [-0.39, 0.29) is 17.9 Å². The summed E-state index contributed by atoms with van der Waals surface area (Å²) in [6.07, 6.45) is 9.76. The van der Waals surface area contributed by atoms with Crippen LogP contribution in [0.3, 0.4) is 0 Å². The van der Waals surface area contributed by atoms with E-state index in [0.29, 0.717) is 24.7 Å². The summed E-state index contributed by atoms with van der Waals surface area (Å²) in [7, 11) is 0. The number of carbonyl (C=O) groups is 2. The zero-order valence-corrected chi connectivity index (χ0v) is 23.2. The number of nitrogens with zero attached hydrogens (tertiary/aromatic N) is 1. The zero-order valence-electron chi connectivity index (χ0n) is 23.2. The van der Waals surface area contributed by atoms with Crippen molar-refractivity contribution in [1.29, 1.82) is 5.41 Å². The standard InChI is InChI=1S/C32H41N5O2/c1-3-5-20-32(21-25-10-7-6-8-11-25)29(38)37(30(33)36-32)23-27-14-12-26(13-15-27)22-34-31(39)35-28-18-16-24(9-4-2)17-19-28/h12-19,25H,3,5-8,10-11,20-23H2,1-2H3,(H2,33,36)(H2,34,35,39). The molecule has 7 heteroatoms. The molecular weight excluding hydrogens is 486 g/mol. The number of guanidine groups is 1. The Kier molecular flexibility index (Phi) is 9.64. The number of carbonyl (C=O) groups excluding carboxylic acids is 2. The molecule has 2 aliphatic rings. The topological polar surface area (TPSA) is 97.3 Å². The largest absolute Gasteiger partial charge is 0.342 e. The Bertz CT molecular complexity index is 1210. The third-order valence-electron chi connectivity index (χ3n) is 7.83. The number of rotatable bonds is 10. The van der Waals surface area contributed by atoms with E-state index in [1.807, 2.05) is 48.5 Å². The number of hydrogen-bond donors (Lipinski definition) is 4. The van der Waals surface area contributed by atoms with Crippen LogP contribution in [0, 0.1) is 23.2 Å². The average Bonchev–Trinajstić information content (AvgIpc) is 3.17. The van der Waals surface area contributed by atoms with Gasteiger partial charge < -0.3 is 16.0 Å². The van der Waals surface area contributed by atoms with Gasteiger partial charge in [-0.15, -0.1) is 5.92 Å². The van der Waals surface area contributed by atoms with E-state index in [1.165, 1.54) is 32.1 Å². The molecule has 2 fully saturated rings. The molecule has 1 aliphatic carbocycles. The first-order chi connectivity index (χ1) is 18.9. The number of nitrogens with one attached hydrogen (secondary N) is 4. The number of benzene rings is 2. The minimum Gasteiger partial charge on any atom is -0.342 e. The molecule has 3 amide bonds. The van der Waals surface area contributed by atoms with E-state index in [4.69, 9.17) is 5.41 Å². The molecular formula is C32H41N5O2. The Morgan fingerprint density at radius 1 is 1.08 bits per heavy atom. The Morgan fingerprint density at radius 2 is 1.77 bits per heavy atom. The fraction of sp³-hybridized carbons (Fsp3) is 0.469. The second-order valence-electron chi connectivity index (χ2n) is 10.8. The molecule has 4 rings (SSSR count). The van der Waals surface area contributed by atoms with Gasteiger partial charge in [-0.1, -0.05) is 82.1 Å². The van der Waals surface area contributed by atoms with Gasteiger partial charge in [-0.3, -0.25) is 15.1 Å². The molecule has 206 valence electrons. The monoisotopic (exact) mass is 527 g/mol. The van der Waals surface area contributed by atoms with Gasteiger partial charge in [0.25, 0.3) is 5.91 Å². The SMILES string of the molecule is CC#Cc1ccc(NC(=O)NCc2ccc(CN3C(=N)NC(CCCC)(CC4CCCCC4)C3=O)cc2)cc1. The van der Waals surface area contributed by atoms with Gasteiger partial charge in [0, 0.05) is 17.8 Å². The highest BCUT2D eigenvalue weighted by Crippen LogP contribution is 2.36. The van der Waals surface area contributed by atoms with Crippen LogP contribution in [0.15, 0.2) is 48.5 Å². The molecule has 1 heterocycles. The van der Waals surface area contributed by atoms with Crippen LogP contribution in [0.25, 0.3) is 0 Å². The highest BCUT2D eigenvalue weighted by atomic mass is 16.2. The van der Waals surface area contributed by atoms with Crippen molar-refractivity contribution >= 4 is 23.6 Å². The van der Waals surface area contributed by atoms with Crippen LogP contribution in [-0.2, 0) is 17.9 Å². The maximum Gasteiger partial charge on any atom is 0.319 e. The van der Waals surface area contributed by atoms with Gasteiger partial charge in [-0.05, 0) is 61.1 Å². The van der Waals surface area contributed by atoms with Crippen molar-refractivity contribution < 1.29 is 9.59 Å². The number of anilines is 1. The number of amides is 3. The van der Waals surface area contributed by atoms with Crippen molar-refractivity contribution in [3.8, 4) is 11.8 Å². The lowest BCUT2D eigenvalue weighted by Gasteiger charge is -2.33. The van der Waals surface area contributed by atoms with Crippen molar-refractivity contribution in [2.24, 2.45) is 5.92 Å². The van der Waals surface area contributed by atoms with E-state index in [1.54, 1.807) is 11.8 Å². The normalized spacial score (nSPS) is 19.3. The molecule has 1 unspecified atom stereocenters. The van der Waals surface area contributed by atoms with E-state index < -0.39 is 5.54 Å².